The Kier molecular flexibility index (Phi) is 6.56. The van der Waals surface area contributed by atoms with Gasteiger partial charge < -0.3 is 14.6 Å². The Bertz CT molecular complexity index is 423. The highest BCUT2D eigenvalue weighted by Gasteiger charge is 2.12. The van der Waals surface area contributed by atoms with E-state index < -0.39 is 0 Å². The van der Waals surface area contributed by atoms with Crippen molar-refractivity contribution in [2.75, 3.05) is 19.0 Å². The molecule has 0 aliphatic heterocycles. The SMILES string of the molecule is CCCC(COC)Nc1nccn(CC(C)C)c1=O. The third-order valence-corrected chi connectivity index (χ3v) is 2.82. The number of nitrogens with one attached hydrogen (secondary N) is 1. The molecule has 0 saturated carbocycles. The number of hydrogen-bond donors (Lipinski definition) is 1. The van der Waals surface area contributed by atoms with E-state index in [1.807, 2.05) is 0 Å². The average molecular weight is 267 g/mol. The molecule has 0 amide bonds. The van der Waals surface area contributed by atoms with Crippen molar-refractivity contribution in [3.05, 3.63) is 22.7 Å². The minimum Gasteiger partial charge on any atom is -0.383 e. The van der Waals surface area contributed by atoms with Crippen LogP contribution in [0.2, 0.25) is 0 Å². The highest BCUT2D eigenvalue weighted by Crippen LogP contribution is 2.05. The molecule has 0 aromatic carbocycles. The first-order valence-electron chi connectivity index (χ1n) is 6.89. The van der Waals surface area contributed by atoms with Crippen molar-refractivity contribution in [2.24, 2.45) is 5.92 Å². The molecular formula is C14H25N3O2. The van der Waals surface area contributed by atoms with E-state index in [1.54, 1.807) is 24.1 Å². The van der Waals surface area contributed by atoms with E-state index in [4.69, 9.17) is 4.74 Å². The molecule has 0 aliphatic carbocycles. The van der Waals surface area contributed by atoms with Crippen molar-refractivity contribution in [3.8, 4) is 0 Å². The lowest BCUT2D eigenvalue weighted by atomic mass is 10.2. The van der Waals surface area contributed by atoms with Gasteiger partial charge in [0.15, 0.2) is 5.82 Å². The second kappa shape index (κ2) is 7.94. The van der Waals surface area contributed by atoms with E-state index in [1.165, 1.54) is 0 Å². The van der Waals surface area contributed by atoms with Crippen molar-refractivity contribution in [1.82, 2.24) is 9.55 Å². The number of rotatable bonds is 8. The lowest BCUT2D eigenvalue weighted by molar-refractivity contribution is 0.182. The minimum atomic E-state index is -0.0617. The molecule has 1 rings (SSSR count). The quantitative estimate of drug-likeness (QED) is 0.784. The van der Waals surface area contributed by atoms with Gasteiger partial charge in [-0.25, -0.2) is 4.98 Å². The van der Waals surface area contributed by atoms with Crippen LogP contribution in [0, 0.1) is 5.92 Å². The number of hydrogen-bond acceptors (Lipinski definition) is 4. The fourth-order valence-corrected chi connectivity index (χ4v) is 2.02. The Morgan fingerprint density at radius 1 is 1.47 bits per heavy atom. The fraction of sp³-hybridized carbons (Fsp3) is 0.714. The summed E-state index contributed by atoms with van der Waals surface area (Å²) in [6.07, 6.45) is 5.39. The summed E-state index contributed by atoms with van der Waals surface area (Å²) in [7, 11) is 1.67. The minimum absolute atomic E-state index is 0.0617. The fourth-order valence-electron chi connectivity index (χ4n) is 2.02. The van der Waals surface area contributed by atoms with Gasteiger partial charge in [0.25, 0.3) is 5.56 Å². The lowest BCUT2D eigenvalue weighted by Gasteiger charge is -2.18. The third-order valence-electron chi connectivity index (χ3n) is 2.82. The topological polar surface area (TPSA) is 56.1 Å². The summed E-state index contributed by atoms with van der Waals surface area (Å²) in [5.74, 6) is 0.844. The second-order valence-electron chi connectivity index (χ2n) is 5.21. The Balaban J connectivity index is 2.85. The van der Waals surface area contributed by atoms with Gasteiger partial charge in [-0.15, -0.1) is 0 Å². The normalized spacial score (nSPS) is 12.7. The van der Waals surface area contributed by atoms with E-state index in [2.05, 4.69) is 31.1 Å². The molecule has 1 heterocycles. The first-order chi connectivity index (χ1) is 9.08. The van der Waals surface area contributed by atoms with Crippen LogP contribution in [0.4, 0.5) is 5.82 Å². The zero-order valence-corrected chi connectivity index (χ0v) is 12.3. The molecule has 0 saturated heterocycles. The highest BCUT2D eigenvalue weighted by molar-refractivity contribution is 5.32. The average Bonchev–Trinajstić information content (AvgIpc) is 2.34. The van der Waals surface area contributed by atoms with Crippen LogP contribution in [-0.2, 0) is 11.3 Å². The van der Waals surface area contributed by atoms with Crippen LogP contribution in [-0.4, -0.2) is 29.3 Å². The molecule has 0 spiro atoms. The summed E-state index contributed by atoms with van der Waals surface area (Å²) in [5, 5.41) is 3.19. The molecule has 1 aromatic heterocycles. The van der Waals surface area contributed by atoms with E-state index in [-0.39, 0.29) is 11.6 Å². The van der Waals surface area contributed by atoms with Gasteiger partial charge in [0, 0.05) is 26.0 Å². The molecule has 0 radical (unpaired) electrons. The molecule has 5 heteroatoms. The lowest BCUT2D eigenvalue weighted by Crippen LogP contribution is -2.32. The van der Waals surface area contributed by atoms with Gasteiger partial charge in [0.1, 0.15) is 0 Å². The number of aromatic nitrogens is 2. The number of methoxy groups -OCH3 is 1. The van der Waals surface area contributed by atoms with Crippen LogP contribution in [0.3, 0.4) is 0 Å². The van der Waals surface area contributed by atoms with Crippen molar-refractivity contribution in [3.63, 3.8) is 0 Å². The summed E-state index contributed by atoms with van der Waals surface area (Å²) in [5.41, 5.74) is -0.0617. The largest absolute Gasteiger partial charge is 0.383 e. The van der Waals surface area contributed by atoms with Gasteiger partial charge in [0.2, 0.25) is 0 Å². The van der Waals surface area contributed by atoms with Gasteiger partial charge >= 0.3 is 0 Å². The summed E-state index contributed by atoms with van der Waals surface area (Å²) < 4.78 is 6.87. The zero-order valence-electron chi connectivity index (χ0n) is 12.3. The number of nitrogens with zero attached hydrogens (tertiary/aromatic N) is 2. The molecule has 5 nitrogen and oxygen atoms in total. The van der Waals surface area contributed by atoms with Gasteiger partial charge in [-0.3, -0.25) is 4.79 Å². The maximum atomic E-state index is 12.2. The monoisotopic (exact) mass is 267 g/mol. The smallest absolute Gasteiger partial charge is 0.293 e. The Hall–Kier alpha value is -1.36. The molecule has 1 unspecified atom stereocenters. The van der Waals surface area contributed by atoms with Crippen LogP contribution in [0.5, 0.6) is 0 Å². The van der Waals surface area contributed by atoms with E-state index in [9.17, 15) is 4.79 Å². The van der Waals surface area contributed by atoms with Crippen LogP contribution >= 0.6 is 0 Å². The van der Waals surface area contributed by atoms with Crippen molar-refractivity contribution in [1.29, 1.82) is 0 Å². The first-order valence-corrected chi connectivity index (χ1v) is 6.89. The first kappa shape index (κ1) is 15.7. The summed E-state index contributed by atoms with van der Waals surface area (Å²) >= 11 is 0. The molecule has 1 atom stereocenters. The predicted octanol–water partition coefficient (Wildman–Crippen LogP) is 2.13. The Labute approximate surface area is 115 Å². The van der Waals surface area contributed by atoms with Crippen LogP contribution in [0.15, 0.2) is 17.2 Å². The second-order valence-corrected chi connectivity index (χ2v) is 5.21. The Morgan fingerprint density at radius 3 is 2.79 bits per heavy atom. The molecular weight excluding hydrogens is 242 g/mol. The van der Waals surface area contributed by atoms with Crippen molar-refractivity contribution >= 4 is 5.82 Å². The summed E-state index contributed by atoms with van der Waals surface area (Å²) in [6, 6.07) is 0.130. The van der Waals surface area contributed by atoms with E-state index in [0.29, 0.717) is 24.9 Å². The van der Waals surface area contributed by atoms with Crippen molar-refractivity contribution < 1.29 is 4.74 Å². The van der Waals surface area contributed by atoms with Crippen LogP contribution < -0.4 is 10.9 Å². The van der Waals surface area contributed by atoms with Gasteiger partial charge in [-0.2, -0.15) is 0 Å². The standard InChI is InChI=1S/C14H25N3O2/c1-5-6-12(10-19-4)16-13-14(18)17(8-7-15-13)9-11(2)3/h7-8,11-12H,5-6,9-10H2,1-4H3,(H,15,16). The maximum Gasteiger partial charge on any atom is 0.293 e. The van der Waals surface area contributed by atoms with Gasteiger partial charge in [-0.05, 0) is 12.3 Å². The molecule has 0 fully saturated rings. The predicted molar refractivity (Wildman–Crippen MR) is 77.5 cm³/mol. The zero-order chi connectivity index (χ0) is 14.3. The molecule has 1 aromatic rings. The third kappa shape index (κ3) is 5.03. The molecule has 1 N–H and O–H groups in total. The molecule has 19 heavy (non-hydrogen) atoms. The highest BCUT2D eigenvalue weighted by atomic mass is 16.5. The summed E-state index contributed by atoms with van der Waals surface area (Å²) in [4.78, 5) is 16.4. The number of ether oxygens (including phenoxy) is 1. The number of anilines is 1. The van der Waals surface area contributed by atoms with Crippen LogP contribution in [0.25, 0.3) is 0 Å². The molecule has 108 valence electrons. The summed E-state index contributed by atoms with van der Waals surface area (Å²) in [6.45, 7) is 7.57. The maximum absolute atomic E-state index is 12.2. The van der Waals surface area contributed by atoms with E-state index >= 15 is 0 Å². The van der Waals surface area contributed by atoms with Gasteiger partial charge in [0.05, 0.1) is 12.6 Å². The van der Waals surface area contributed by atoms with E-state index in [0.717, 1.165) is 12.8 Å². The van der Waals surface area contributed by atoms with Gasteiger partial charge in [-0.1, -0.05) is 27.2 Å². The molecule has 0 aliphatic rings. The molecule has 0 bridgehead atoms. The Morgan fingerprint density at radius 2 is 2.21 bits per heavy atom. The van der Waals surface area contributed by atoms with Crippen molar-refractivity contribution in [2.45, 2.75) is 46.2 Å². The van der Waals surface area contributed by atoms with Crippen LogP contribution in [0.1, 0.15) is 33.6 Å².